The van der Waals surface area contributed by atoms with E-state index in [0.29, 0.717) is 16.5 Å². The highest BCUT2D eigenvalue weighted by Crippen LogP contribution is 2.35. The van der Waals surface area contributed by atoms with Crippen molar-refractivity contribution in [2.45, 2.75) is 0 Å². The number of carboxylic acids is 1. The Balaban J connectivity index is 2.87. The SMILES string of the molecule is COc1c(O)ccc2c(C(=O)O)cccc12. The Morgan fingerprint density at radius 3 is 2.56 bits per heavy atom. The third-order valence-corrected chi connectivity index (χ3v) is 2.43. The largest absolute Gasteiger partial charge is 0.504 e. The molecule has 82 valence electrons. The van der Waals surface area contributed by atoms with E-state index in [-0.39, 0.29) is 11.3 Å². The van der Waals surface area contributed by atoms with Gasteiger partial charge in [-0.05, 0) is 18.2 Å². The molecule has 16 heavy (non-hydrogen) atoms. The number of fused-ring (bicyclic) bond motifs is 1. The molecule has 0 aromatic heterocycles. The van der Waals surface area contributed by atoms with Crippen LogP contribution in [0.1, 0.15) is 10.4 Å². The van der Waals surface area contributed by atoms with Gasteiger partial charge in [-0.15, -0.1) is 0 Å². The lowest BCUT2D eigenvalue weighted by Crippen LogP contribution is -1.97. The van der Waals surface area contributed by atoms with Crippen molar-refractivity contribution in [2.75, 3.05) is 7.11 Å². The van der Waals surface area contributed by atoms with Gasteiger partial charge in [-0.2, -0.15) is 0 Å². The van der Waals surface area contributed by atoms with E-state index in [2.05, 4.69) is 0 Å². The van der Waals surface area contributed by atoms with E-state index in [0.717, 1.165) is 0 Å². The van der Waals surface area contributed by atoms with Crippen LogP contribution in [0.4, 0.5) is 0 Å². The Hall–Kier alpha value is -2.23. The summed E-state index contributed by atoms with van der Waals surface area (Å²) in [6.07, 6.45) is 0. The molecule has 2 aromatic rings. The van der Waals surface area contributed by atoms with Crippen molar-refractivity contribution >= 4 is 16.7 Å². The summed E-state index contributed by atoms with van der Waals surface area (Å²) in [6, 6.07) is 7.83. The number of phenolic OH excluding ortho intramolecular Hbond substituents is 1. The summed E-state index contributed by atoms with van der Waals surface area (Å²) in [5.74, 6) is -0.712. The van der Waals surface area contributed by atoms with Crippen LogP contribution in [-0.2, 0) is 0 Å². The average Bonchev–Trinajstić information content (AvgIpc) is 2.27. The van der Waals surface area contributed by atoms with E-state index in [1.807, 2.05) is 0 Å². The van der Waals surface area contributed by atoms with E-state index >= 15 is 0 Å². The second-order valence-corrected chi connectivity index (χ2v) is 3.32. The molecule has 0 unspecified atom stereocenters. The van der Waals surface area contributed by atoms with Gasteiger partial charge in [0.05, 0.1) is 12.7 Å². The van der Waals surface area contributed by atoms with E-state index < -0.39 is 5.97 Å². The van der Waals surface area contributed by atoms with Crippen LogP contribution in [0.25, 0.3) is 10.8 Å². The number of benzene rings is 2. The van der Waals surface area contributed by atoms with Crippen molar-refractivity contribution in [1.82, 2.24) is 0 Å². The molecule has 0 bridgehead atoms. The molecule has 0 radical (unpaired) electrons. The van der Waals surface area contributed by atoms with Crippen LogP contribution < -0.4 is 4.74 Å². The van der Waals surface area contributed by atoms with Crippen molar-refractivity contribution in [2.24, 2.45) is 0 Å². The number of rotatable bonds is 2. The summed E-state index contributed by atoms with van der Waals surface area (Å²) in [6.45, 7) is 0. The molecule has 0 aliphatic heterocycles. The topological polar surface area (TPSA) is 66.8 Å². The molecular formula is C12H10O4. The van der Waals surface area contributed by atoms with Gasteiger partial charge in [-0.1, -0.05) is 12.1 Å². The molecule has 0 aliphatic carbocycles. The molecule has 0 fully saturated rings. The van der Waals surface area contributed by atoms with Crippen molar-refractivity contribution in [3.63, 3.8) is 0 Å². The summed E-state index contributed by atoms with van der Waals surface area (Å²) >= 11 is 0. The van der Waals surface area contributed by atoms with Crippen molar-refractivity contribution < 1.29 is 19.7 Å². The minimum Gasteiger partial charge on any atom is -0.504 e. The van der Waals surface area contributed by atoms with E-state index in [4.69, 9.17) is 9.84 Å². The maximum atomic E-state index is 11.0. The van der Waals surface area contributed by atoms with E-state index in [1.54, 1.807) is 18.2 Å². The number of hydrogen-bond donors (Lipinski definition) is 2. The zero-order valence-electron chi connectivity index (χ0n) is 8.60. The first-order valence-corrected chi connectivity index (χ1v) is 4.67. The third kappa shape index (κ3) is 1.44. The molecule has 0 aliphatic rings. The molecule has 2 rings (SSSR count). The van der Waals surface area contributed by atoms with Crippen LogP contribution >= 0.6 is 0 Å². The smallest absolute Gasteiger partial charge is 0.336 e. The molecule has 0 saturated heterocycles. The number of hydrogen-bond acceptors (Lipinski definition) is 3. The summed E-state index contributed by atoms with van der Waals surface area (Å²) in [5.41, 5.74) is 0.191. The van der Waals surface area contributed by atoms with Gasteiger partial charge in [0.1, 0.15) is 0 Å². The van der Waals surface area contributed by atoms with Crippen molar-refractivity contribution in [3.8, 4) is 11.5 Å². The highest BCUT2D eigenvalue weighted by molar-refractivity contribution is 6.06. The molecule has 0 saturated carbocycles. The molecule has 0 amide bonds. The molecule has 0 heterocycles. The Labute approximate surface area is 91.7 Å². The monoisotopic (exact) mass is 218 g/mol. The zero-order valence-corrected chi connectivity index (χ0v) is 8.60. The molecule has 0 spiro atoms. The molecule has 0 atom stereocenters. The number of phenols is 1. The minimum atomic E-state index is -1.00. The number of aromatic hydroxyl groups is 1. The average molecular weight is 218 g/mol. The number of carboxylic acid groups (broad SMARTS) is 1. The number of carbonyl (C=O) groups is 1. The maximum absolute atomic E-state index is 11.0. The highest BCUT2D eigenvalue weighted by Gasteiger charge is 2.12. The predicted octanol–water partition coefficient (Wildman–Crippen LogP) is 2.25. The number of methoxy groups -OCH3 is 1. The Bertz CT molecular complexity index is 560. The molecule has 4 heteroatoms. The van der Waals surface area contributed by atoms with Crippen LogP contribution in [0.15, 0.2) is 30.3 Å². The Morgan fingerprint density at radius 2 is 1.94 bits per heavy atom. The standard InChI is InChI=1S/C12H10O4/c1-16-11-8-3-2-4-9(12(14)15)7(8)5-6-10(11)13/h2-6,13H,1H3,(H,14,15). The summed E-state index contributed by atoms with van der Waals surface area (Å²) in [4.78, 5) is 11.0. The van der Waals surface area contributed by atoms with Crippen molar-refractivity contribution in [1.29, 1.82) is 0 Å². The van der Waals surface area contributed by atoms with Gasteiger partial charge in [0.25, 0.3) is 0 Å². The van der Waals surface area contributed by atoms with E-state index in [9.17, 15) is 9.90 Å². The first kappa shape index (κ1) is 10.3. The van der Waals surface area contributed by atoms with Gasteiger partial charge < -0.3 is 14.9 Å². The third-order valence-electron chi connectivity index (χ3n) is 2.43. The fraction of sp³-hybridized carbons (Fsp3) is 0.0833. The van der Waals surface area contributed by atoms with E-state index in [1.165, 1.54) is 19.2 Å². The lowest BCUT2D eigenvalue weighted by molar-refractivity contribution is 0.0699. The molecular weight excluding hydrogens is 208 g/mol. The Morgan fingerprint density at radius 1 is 1.19 bits per heavy atom. The maximum Gasteiger partial charge on any atom is 0.336 e. The van der Waals surface area contributed by atoms with Crippen LogP contribution in [0.5, 0.6) is 11.5 Å². The fourth-order valence-corrected chi connectivity index (χ4v) is 1.72. The lowest BCUT2D eigenvalue weighted by atomic mass is 10.0. The highest BCUT2D eigenvalue weighted by atomic mass is 16.5. The molecule has 4 nitrogen and oxygen atoms in total. The normalized spacial score (nSPS) is 10.3. The van der Waals surface area contributed by atoms with Crippen LogP contribution in [0, 0.1) is 0 Å². The molecule has 2 aromatic carbocycles. The predicted molar refractivity (Wildman–Crippen MR) is 59.1 cm³/mol. The van der Waals surface area contributed by atoms with Gasteiger partial charge in [0.15, 0.2) is 11.5 Å². The number of aromatic carboxylic acids is 1. The Kier molecular flexibility index (Phi) is 2.40. The first-order chi connectivity index (χ1) is 7.65. The minimum absolute atomic E-state index is 0.00228. The van der Waals surface area contributed by atoms with Gasteiger partial charge in [-0.25, -0.2) is 4.79 Å². The lowest BCUT2D eigenvalue weighted by Gasteiger charge is -2.08. The van der Waals surface area contributed by atoms with Gasteiger partial charge in [0, 0.05) is 10.8 Å². The number of ether oxygens (including phenoxy) is 1. The van der Waals surface area contributed by atoms with Gasteiger partial charge >= 0.3 is 5.97 Å². The summed E-state index contributed by atoms with van der Waals surface area (Å²) < 4.78 is 5.05. The summed E-state index contributed by atoms with van der Waals surface area (Å²) in [7, 11) is 1.43. The van der Waals surface area contributed by atoms with Gasteiger partial charge in [0.2, 0.25) is 0 Å². The zero-order chi connectivity index (χ0) is 11.7. The fourth-order valence-electron chi connectivity index (χ4n) is 1.72. The van der Waals surface area contributed by atoms with Gasteiger partial charge in [-0.3, -0.25) is 0 Å². The second kappa shape index (κ2) is 3.73. The quantitative estimate of drug-likeness (QED) is 0.811. The van der Waals surface area contributed by atoms with Crippen LogP contribution in [-0.4, -0.2) is 23.3 Å². The second-order valence-electron chi connectivity index (χ2n) is 3.32. The van der Waals surface area contributed by atoms with Crippen LogP contribution in [0.3, 0.4) is 0 Å². The van der Waals surface area contributed by atoms with Crippen LogP contribution in [0.2, 0.25) is 0 Å². The van der Waals surface area contributed by atoms with Crippen molar-refractivity contribution in [3.05, 3.63) is 35.9 Å². The summed E-state index contributed by atoms with van der Waals surface area (Å²) in [5, 5.41) is 19.7. The first-order valence-electron chi connectivity index (χ1n) is 4.67. The molecule has 2 N–H and O–H groups in total.